The number of hydrogen-bond donors (Lipinski definition) is 1. The fourth-order valence-corrected chi connectivity index (χ4v) is 0.383. The van der Waals surface area contributed by atoms with Crippen LogP contribution >= 0.6 is 0 Å². The monoisotopic (exact) mass is 117 g/mol. The molecule has 0 aromatic heterocycles. The van der Waals surface area contributed by atoms with Gasteiger partial charge in [0.2, 0.25) is 0 Å². The van der Waals surface area contributed by atoms with Crippen molar-refractivity contribution in [3.05, 3.63) is 6.92 Å². The van der Waals surface area contributed by atoms with E-state index >= 15 is 0 Å². The van der Waals surface area contributed by atoms with Crippen LogP contribution in [0.4, 0.5) is 0 Å². The third-order valence-corrected chi connectivity index (χ3v) is 1.31. The molecule has 0 bridgehead atoms. The van der Waals surface area contributed by atoms with Gasteiger partial charge in [-0.15, -0.1) is 0 Å². The predicted molar refractivity (Wildman–Crippen MR) is 34.3 cm³/mol. The van der Waals surface area contributed by atoms with Crippen LogP contribution in [0.3, 0.4) is 0 Å². The highest BCUT2D eigenvalue weighted by Crippen LogP contribution is 1.91. The van der Waals surface area contributed by atoms with E-state index in [1.165, 1.54) is 0 Å². The molecule has 1 radical (unpaired) electrons. The first-order valence-corrected chi connectivity index (χ1v) is 2.84. The van der Waals surface area contributed by atoms with Gasteiger partial charge in [-0.3, -0.25) is 0 Å². The normalized spacial score (nSPS) is 12.0. The fraction of sp³-hybridized carbons (Fsp3) is 0.833. The minimum Gasteiger partial charge on any atom is -0.391 e. The molecule has 0 aliphatic rings. The van der Waals surface area contributed by atoms with Gasteiger partial charge in [-0.1, -0.05) is 0 Å². The third-order valence-electron chi connectivity index (χ3n) is 1.31. The van der Waals surface area contributed by atoms with Gasteiger partial charge < -0.3 is 9.59 Å². The number of rotatable bonds is 3. The van der Waals surface area contributed by atoms with Gasteiger partial charge in [-0.25, -0.2) is 0 Å². The van der Waals surface area contributed by atoms with E-state index in [0.717, 1.165) is 17.6 Å². The Morgan fingerprint density at radius 2 is 2.00 bits per heavy atom. The summed E-state index contributed by atoms with van der Waals surface area (Å²) in [7, 11) is 4.09. The zero-order chi connectivity index (χ0) is 6.62. The lowest BCUT2D eigenvalue weighted by Gasteiger charge is -2.26. The van der Waals surface area contributed by atoms with Crippen molar-refractivity contribution in [3.63, 3.8) is 0 Å². The zero-order valence-electron chi connectivity index (χ0n) is 5.72. The third kappa shape index (κ3) is 2.99. The fourth-order valence-electron chi connectivity index (χ4n) is 0.383. The highest BCUT2D eigenvalue weighted by Gasteiger charge is 2.08. The summed E-state index contributed by atoms with van der Waals surface area (Å²) < 4.78 is 0.802. The summed E-state index contributed by atoms with van der Waals surface area (Å²) in [5.74, 6) is 0. The predicted octanol–water partition coefficient (Wildman–Crippen LogP) is -0.111. The summed E-state index contributed by atoms with van der Waals surface area (Å²) in [5.41, 5.74) is 0. The minimum atomic E-state index is 0.252. The van der Waals surface area contributed by atoms with E-state index in [-0.39, 0.29) is 6.61 Å². The quantitative estimate of drug-likeness (QED) is 0.511. The number of quaternary nitrogens is 1. The van der Waals surface area contributed by atoms with E-state index in [4.69, 9.17) is 5.11 Å². The highest BCUT2D eigenvalue weighted by atomic mass is 16.3. The van der Waals surface area contributed by atoms with Gasteiger partial charge in [0.25, 0.3) is 0 Å². The first-order chi connectivity index (χ1) is 3.62. The molecule has 0 heterocycles. The topological polar surface area (TPSA) is 20.2 Å². The van der Waals surface area contributed by atoms with Crippen molar-refractivity contribution in [2.45, 2.75) is 0 Å². The van der Waals surface area contributed by atoms with Crippen LogP contribution in [0.5, 0.6) is 0 Å². The second-order valence-electron chi connectivity index (χ2n) is 2.61. The molecule has 0 rings (SSSR count). The van der Waals surface area contributed by atoms with Gasteiger partial charge in [0.1, 0.15) is 6.54 Å². The molecule has 8 heavy (non-hydrogen) atoms. The largest absolute Gasteiger partial charge is 0.391 e. The van der Waals surface area contributed by atoms with Crippen LogP contribution in [0.15, 0.2) is 0 Å². The van der Waals surface area contributed by atoms with Crippen LogP contribution in [0.2, 0.25) is 0 Å². The number of hydrogen-bond acceptors (Lipinski definition) is 1. The lowest BCUT2D eigenvalue weighted by atomic mass is 10.5. The standard InChI is InChI=1S/C6H15NO/c1-4-7(2,3)5-6-8/h8H,1,4-6H2,2-3H3/q+1. The highest BCUT2D eigenvalue weighted by molar-refractivity contribution is 4.33. The second-order valence-corrected chi connectivity index (χ2v) is 2.61. The van der Waals surface area contributed by atoms with Crippen LogP contribution in [-0.4, -0.2) is 43.4 Å². The summed E-state index contributed by atoms with van der Waals surface area (Å²) in [4.78, 5) is 0. The van der Waals surface area contributed by atoms with Crippen molar-refractivity contribution in [2.24, 2.45) is 0 Å². The maximum absolute atomic E-state index is 8.49. The van der Waals surface area contributed by atoms with Crippen LogP contribution in [0.1, 0.15) is 0 Å². The Hall–Kier alpha value is -0.0800. The van der Waals surface area contributed by atoms with Crippen LogP contribution in [0, 0.1) is 6.92 Å². The Balaban J connectivity index is 3.37. The van der Waals surface area contributed by atoms with Gasteiger partial charge in [-0.05, 0) is 0 Å². The summed E-state index contributed by atoms with van der Waals surface area (Å²) in [6, 6.07) is 0. The van der Waals surface area contributed by atoms with Crippen molar-refractivity contribution in [1.82, 2.24) is 0 Å². The van der Waals surface area contributed by atoms with Crippen molar-refractivity contribution < 1.29 is 9.59 Å². The molecule has 1 N–H and O–H groups in total. The SMILES string of the molecule is [CH2]C[N+](C)(C)CCO. The van der Waals surface area contributed by atoms with E-state index in [0.29, 0.717) is 0 Å². The molecular weight excluding hydrogens is 102 g/mol. The van der Waals surface area contributed by atoms with Crippen LogP contribution in [0.25, 0.3) is 0 Å². The molecular formula is C6H15NO+. The van der Waals surface area contributed by atoms with Crippen molar-refractivity contribution in [1.29, 1.82) is 0 Å². The molecule has 0 aliphatic carbocycles. The molecule has 0 saturated heterocycles. The number of aliphatic hydroxyl groups is 1. The number of likely N-dealkylation sites (N-methyl/N-ethyl adjacent to an activating group) is 1. The molecule has 0 atom stereocenters. The summed E-state index contributed by atoms with van der Waals surface area (Å²) in [6.07, 6.45) is 0. The number of aliphatic hydroxyl groups excluding tert-OH is 1. The number of nitrogens with zero attached hydrogens (tertiary/aromatic N) is 1. The molecule has 2 heteroatoms. The Labute approximate surface area is 51.3 Å². The summed E-state index contributed by atoms with van der Waals surface area (Å²) in [5, 5.41) is 8.49. The minimum absolute atomic E-state index is 0.252. The second kappa shape index (κ2) is 3.05. The first-order valence-electron chi connectivity index (χ1n) is 2.84. The van der Waals surface area contributed by atoms with Crippen molar-refractivity contribution >= 4 is 0 Å². The molecule has 0 amide bonds. The molecule has 0 unspecified atom stereocenters. The Morgan fingerprint density at radius 3 is 2.12 bits per heavy atom. The van der Waals surface area contributed by atoms with Gasteiger partial charge in [0, 0.05) is 6.92 Å². The van der Waals surface area contributed by atoms with Gasteiger partial charge >= 0.3 is 0 Å². The lowest BCUT2D eigenvalue weighted by molar-refractivity contribution is -0.885. The molecule has 2 nitrogen and oxygen atoms in total. The van der Waals surface area contributed by atoms with E-state index in [2.05, 4.69) is 6.92 Å². The average Bonchev–Trinajstić information content (AvgIpc) is 1.67. The lowest BCUT2D eigenvalue weighted by Crippen LogP contribution is -2.41. The van der Waals surface area contributed by atoms with Gasteiger partial charge in [0.15, 0.2) is 0 Å². The molecule has 49 valence electrons. The van der Waals surface area contributed by atoms with Gasteiger partial charge in [-0.2, -0.15) is 0 Å². The molecule has 0 aromatic carbocycles. The van der Waals surface area contributed by atoms with E-state index in [1.807, 2.05) is 14.1 Å². The molecule has 0 saturated carbocycles. The first kappa shape index (κ1) is 7.92. The Kier molecular flexibility index (Phi) is 3.02. The van der Waals surface area contributed by atoms with E-state index < -0.39 is 0 Å². The van der Waals surface area contributed by atoms with Crippen molar-refractivity contribution in [2.75, 3.05) is 33.8 Å². The molecule has 0 fully saturated rings. The smallest absolute Gasteiger partial charge is 0.102 e. The van der Waals surface area contributed by atoms with E-state index in [9.17, 15) is 0 Å². The molecule has 0 aromatic rings. The average molecular weight is 117 g/mol. The summed E-state index contributed by atoms with van der Waals surface area (Å²) >= 11 is 0. The van der Waals surface area contributed by atoms with Crippen LogP contribution < -0.4 is 0 Å². The van der Waals surface area contributed by atoms with Crippen LogP contribution in [-0.2, 0) is 0 Å². The Bertz CT molecular complexity index is 61.5. The Morgan fingerprint density at radius 1 is 1.50 bits per heavy atom. The summed E-state index contributed by atoms with van der Waals surface area (Å²) in [6.45, 7) is 5.62. The van der Waals surface area contributed by atoms with Crippen molar-refractivity contribution in [3.8, 4) is 0 Å². The molecule has 0 spiro atoms. The molecule has 0 aliphatic heterocycles. The van der Waals surface area contributed by atoms with Gasteiger partial charge in [0.05, 0.1) is 27.2 Å². The maximum atomic E-state index is 8.49. The maximum Gasteiger partial charge on any atom is 0.102 e. The van der Waals surface area contributed by atoms with E-state index in [1.54, 1.807) is 0 Å². The zero-order valence-corrected chi connectivity index (χ0v) is 5.72.